The zero-order chi connectivity index (χ0) is 27.4. The number of rotatable bonds is 10. The molecular formula is C31H35N3O3S2. The van der Waals surface area contributed by atoms with E-state index in [1.807, 2.05) is 30.3 Å². The van der Waals surface area contributed by atoms with Gasteiger partial charge in [0.15, 0.2) is 5.16 Å². The Kier molecular flexibility index (Phi) is 8.54. The Morgan fingerprint density at radius 3 is 2.62 bits per heavy atom. The number of hydrogen-bond acceptors (Lipinski definition) is 6. The summed E-state index contributed by atoms with van der Waals surface area (Å²) in [7, 11) is 0. The highest BCUT2D eigenvalue weighted by atomic mass is 32.2. The van der Waals surface area contributed by atoms with Crippen molar-refractivity contribution in [3.63, 3.8) is 0 Å². The van der Waals surface area contributed by atoms with Gasteiger partial charge in [-0.05, 0) is 55.5 Å². The third-order valence-electron chi connectivity index (χ3n) is 6.98. The fourth-order valence-electron chi connectivity index (χ4n) is 4.80. The Morgan fingerprint density at radius 1 is 1.13 bits per heavy atom. The molecule has 2 aromatic carbocycles. The van der Waals surface area contributed by atoms with Crippen LogP contribution in [0.3, 0.4) is 0 Å². The van der Waals surface area contributed by atoms with Crippen LogP contribution in [0, 0.1) is 0 Å². The van der Waals surface area contributed by atoms with E-state index in [0.29, 0.717) is 42.3 Å². The Labute approximate surface area is 237 Å². The normalized spacial score (nSPS) is 14.3. The van der Waals surface area contributed by atoms with Crippen LogP contribution in [0.2, 0.25) is 0 Å². The quantitative estimate of drug-likeness (QED) is 0.178. The minimum atomic E-state index is -0.317. The number of para-hydroxylation sites is 1. The van der Waals surface area contributed by atoms with Crippen LogP contribution in [-0.4, -0.2) is 26.8 Å². The molecule has 8 heteroatoms. The number of aromatic nitrogens is 2. The van der Waals surface area contributed by atoms with Crippen molar-refractivity contribution in [2.75, 3.05) is 5.75 Å². The van der Waals surface area contributed by atoms with Gasteiger partial charge in [-0.15, -0.1) is 11.3 Å². The Bertz CT molecular complexity index is 1510. The van der Waals surface area contributed by atoms with Crippen LogP contribution in [0.15, 0.2) is 64.5 Å². The number of carbonyl (C=O) groups is 1. The van der Waals surface area contributed by atoms with Crippen molar-refractivity contribution in [1.82, 2.24) is 14.9 Å². The van der Waals surface area contributed by atoms with Crippen molar-refractivity contribution in [2.45, 2.75) is 76.8 Å². The maximum atomic E-state index is 13.9. The van der Waals surface area contributed by atoms with E-state index in [-0.39, 0.29) is 17.1 Å². The van der Waals surface area contributed by atoms with Gasteiger partial charge in [0.2, 0.25) is 5.91 Å². The lowest BCUT2D eigenvalue weighted by Gasteiger charge is -2.29. The molecule has 0 spiro atoms. The molecule has 0 atom stereocenters. The van der Waals surface area contributed by atoms with Crippen LogP contribution in [-0.2, 0) is 35.5 Å². The van der Waals surface area contributed by atoms with Gasteiger partial charge >= 0.3 is 0 Å². The van der Waals surface area contributed by atoms with Gasteiger partial charge in [-0.25, -0.2) is 4.98 Å². The topological polar surface area (TPSA) is 73.2 Å². The van der Waals surface area contributed by atoms with E-state index in [1.165, 1.54) is 30.2 Å². The number of aryl methyl sites for hydroxylation is 1. The number of carbonyl (C=O) groups excluding carboxylic acids is 1. The van der Waals surface area contributed by atoms with Gasteiger partial charge in [0.1, 0.15) is 4.83 Å². The Balaban J connectivity index is 1.30. The number of unbranched alkanes of at least 4 members (excludes halogenated alkanes) is 1. The largest absolute Gasteiger partial charge is 0.370 e. The summed E-state index contributed by atoms with van der Waals surface area (Å²) in [6.45, 7) is 7.32. The average molecular weight is 562 g/mol. The van der Waals surface area contributed by atoms with E-state index >= 15 is 0 Å². The highest BCUT2D eigenvalue weighted by molar-refractivity contribution is 7.99. The molecule has 1 aliphatic rings. The summed E-state index contributed by atoms with van der Waals surface area (Å²) in [4.78, 5) is 33.3. The van der Waals surface area contributed by atoms with E-state index in [2.05, 4.69) is 50.4 Å². The SMILES string of the molecule is CCCCc1ccc(CNC(=O)CCSc2nc3sc4c(c3c(=O)n2-c2ccccc2)CC(C)(C)OC4)cc1. The van der Waals surface area contributed by atoms with Gasteiger partial charge in [-0.1, -0.05) is 67.6 Å². The number of thioether (sulfide) groups is 1. The lowest BCUT2D eigenvalue weighted by molar-refractivity contribution is -0.120. The second-order valence-corrected chi connectivity index (χ2v) is 12.7. The van der Waals surface area contributed by atoms with E-state index < -0.39 is 0 Å². The van der Waals surface area contributed by atoms with Crippen molar-refractivity contribution in [3.8, 4) is 5.69 Å². The zero-order valence-corrected chi connectivity index (χ0v) is 24.4. The van der Waals surface area contributed by atoms with Gasteiger partial charge in [0, 0.05) is 30.0 Å². The van der Waals surface area contributed by atoms with Gasteiger partial charge in [-0.3, -0.25) is 14.2 Å². The Hall–Kier alpha value is -2.94. The molecular weight excluding hydrogens is 526 g/mol. The molecule has 1 amide bonds. The third kappa shape index (κ3) is 6.45. The smallest absolute Gasteiger partial charge is 0.267 e. The first kappa shape index (κ1) is 27.6. The second-order valence-electron chi connectivity index (χ2n) is 10.6. The number of thiophene rings is 1. The molecule has 2 aromatic heterocycles. The molecule has 0 aliphatic carbocycles. The van der Waals surface area contributed by atoms with E-state index in [1.54, 1.807) is 15.9 Å². The van der Waals surface area contributed by atoms with Crippen LogP contribution in [0.4, 0.5) is 0 Å². The molecule has 5 rings (SSSR count). The molecule has 1 N–H and O–H groups in total. The molecule has 0 saturated heterocycles. The second kappa shape index (κ2) is 12.1. The molecule has 3 heterocycles. The van der Waals surface area contributed by atoms with Crippen LogP contribution in [0.25, 0.3) is 15.9 Å². The minimum Gasteiger partial charge on any atom is -0.370 e. The van der Waals surface area contributed by atoms with Crippen molar-refractivity contribution in [1.29, 1.82) is 0 Å². The molecule has 0 radical (unpaired) electrons. The predicted octanol–water partition coefficient (Wildman–Crippen LogP) is 6.44. The van der Waals surface area contributed by atoms with E-state index in [9.17, 15) is 9.59 Å². The number of amides is 1. The Morgan fingerprint density at radius 2 is 1.87 bits per heavy atom. The summed E-state index contributed by atoms with van der Waals surface area (Å²) < 4.78 is 7.69. The first-order valence-electron chi connectivity index (χ1n) is 13.6. The number of benzene rings is 2. The van der Waals surface area contributed by atoms with Crippen LogP contribution in [0.5, 0.6) is 0 Å². The molecule has 0 bridgehead atoms. The number of nitrogens with one attached hydrogen (secondary N) is 1. The maximum absolute atomic E-state index is 13.9. The molecule has 39 heavy (non-hydrogen) atoms. The average Bonchev–Trinajstić information content (AvgIpc) is 3.28. The lowest BCUT2D eigenvalue weighted by Crippen LogP contribution is -2.32. The number of nitrogens with zero attached hydrogens (tertiary/aromatic N) is 2. The van der Waals surface area contributed by atoms with Crippen LogP contribution in [0.1, 0.15) is 61.6 Å². The summed E-state index contributed by atoms with van der Waals surface area (Å²) in [5.41, 5.74) is 3.88. The highest BCUT2D eigenvalue weighted by Crippen LogP contribution is 2.38. The molecule has 1 aliphatic heterocycles. The van der Waals surface area contributed by atoms with Gasteiger partial charge in [0.05, 0.1) is 23.3 Å². The molecule has 0 fully saturated rings. The first-order chi connectivity index (χ1) is 18.8. The van der Waals surface area contributed by atoms with Crippen molar-refractivity contribution in [3.05, 3.63) is 86.5 Å². The fraction of sp³-hybridized carbons (Fsp3) is 0.387. The minimum absolute atomic E-state index is 0.0155. The van der Waals surface area contributed by atoms with Gasteiger partial charge < -0.3 is 10.1 Å². The summed E-state index contributed by atoms with van der Waals surface area (Å²) in [5.74, 6) is 0.506. The zero-order valence-electron chi connectivity index (χ0n) is 22.8. The molecule has 0 saturated carbocycles. The number of fused-ring (bicyclic) bond motifs is 3. The third-order valence-corrected chi connectivity index (χ3v) is 9.02. The van der Waals surface area contributed by atoms with E-state index in [4.69, 9.17) is 9.72 Å². The summed E-state index contributed by atoms with van der Waals surface area (Å²) in [6.07, 6.45) is 4.49. The van der Waals surface area contributed by atoms with Gasteiger partial charge in [0.25, 0.3) is 5.56 Å². The number of ether oxygens (including phenoxy) is 1. The molecule has 4 aromatic rings. The molecule has 204 valence electrons. The highest BCUT2D eigenvalue weighted by Gasteiger charge is 2.31. The van der Waals surface area contributed by atoms with Crippen molar-refractivity contribution >= 4 is 39.2 Å². The predicted molar refractivity (Wildman–Crippen MR) is 160 cm³/mol. The molecule has 6 nitrogen and oxygen atoms in total. The standard InChI is InChI=1S/C31H35N3O3S2/c1-4-5-9-21-12-14-22(15-13-21)19-32-26(35)16-17-38-30-33-28-27(24-18-31(2,3)37-20-25(24)39-28)29(36)34(30)23-10-7-6-8-11-23/h6-8,10-15H,4-5,9,16-20H2,1-3H3,(H,32,35). The maximum Gasteiger partial charge on any atom is 0.267 e. The van der Waals surface area contributed by atoms with Crippen molar-refractivity contribution < 1.29 is 9.53 Å². The van der Waals surface area contributed by atoms with E-state index in [0.717, 1.165) is 32.9 Å². The summed E-state index contributed by atoms with van der Waals surface area (Å²) in [6, 6.07) is 18.1. The van der Waals surface area contributed by atoms with Crippen molar-refractivity contribution in [2.24, 2.45) is 0 Å². The number of hydrogen-bond donors (Lipinski definition) is 1. The fourth-order valence-corrected chi connectivity index (χ4v) is 6.90. The summed E-state index contributed by atoms with van der Waals surface area (Å²) >= 11 is 2.98. The first-order valence-corrected chi connectivity index (χ1v) is 15.4. The lowest BCUT2D eigenvalue weighted by atomic mass is 9.94. The molecule has 0 unspecified atom stereocenters. The monoisotopic (exact) mass is 561 g/mol. The van der Waals surface area contributed by atoms with Crippen LogP contribution >= 0.6 is 23.1 Å². The summed E-state index contributed by atoms with van der Waals surface area (Å²) in [5, 5.41) is 4.32. The van der Waals surface area contributed by atoms with Gasteiger partial charge in [-0.2, -0.15) is 0 Å². The van der Waals surface area contributed by atoms with Crippen LogP contribution < -0.4 is 10.9 Å².